The van der Waals surface area contributed by atoms with E-state index in [-0.39, 0.29) is 18.3 Å². The molecule has 0 radical (unpaired) electrons. The molecule has 4 heterocycles. The first kappa shape index (κ1) is 19.9. The van der Waals surface area contributed by atoms with E-state index in [0.717, 1.165) is 30.6 Å². The van der Waals surface area contributed by atoms with Gasteiger partial charge in [0.05, 0.1) is 18.6 Å². The number of fused-ring (bicyclic) bond motifs is 2. The molecule has 5 rings (SSSR count). The fourth-order valence-electron chi connectivity index (χ4n) is 4.58. The predicted molar refractivity (Wildman–Crippen MR) is 114 cm³/mol. The SMILES string of the molecule is CCc1cc2c(c(F)c1C)CN(C(C(=O)Nc1nccs1)c1ncn3c1CCC3)C2=O. The largest absolute Gasteiger partial charge is 0.334 e. The molecule has 7 nitrogen and oxygen atoms in total. The Hall–Kier alpha value is -3.07. The number of aryl methyl sites for hydroxylation is 2. The standard InChI is InChI=1S/C22H22FN5O2S/c1-3-13-9-14-15(17(23)12(13)2)10-28(21(14)30)19(20(29)26-22-24-6-8-31-22)18-16-5-4-7-27(16)11-25-18/h6,8-9,11,19H,3-5,7,10H2,1-2H3,(H,24,26,29). The summed E-state index contributed by atoms with van der Waals surface area (Å²) in [6.07, 6.45) is 5.71. The lowest BCUT2D eigenvalue weighted by molar-refractivity contribution is -0.121. The number of hydrogen-bond donors (Lipinski definition) is 1. The number of rotatable bonds is 5. The number of halogens is 1. The van der Waals surface area contributed by atoms with Crippen LogP contribution in [0, 0.1) is 12.7 Å². The van der Waals surface area contributed by atoms with Gasteiger partial charge in [0.1, 0.15) is 5.82 Å². The topological polar surface area (TPSA) is 80.1 Å². The number of amides is 2. The minimum absolute atomic E-state index is 0.0348. The number of anilines is 1. The molecular formula is C22H22FN5O2S. The zero-order valence-corrected chi connectivity index (χ0v) is 18.1. The fraction of sp³-hybridized carbons (Fsp3) is 0.364. The van der Waals surface area contributed by atoms with Crippen LogP contribution < -0.4 is 5.32 Å². The summed E-state index contributed by atoms with van der Waals surface area (Å²) in [5.74, 6) is -1.10. The fourth-order valence-corrected chi connectivity index (χ4v) is 5.11. The van der Waals surface area contributed by atoms with Crippen LogP contribution in [-0.4, -0.2) is 31.2 Å². The van der Waals surface area contributed by atoms with E-state index >= 15 is 4.39 Å². The van der Waals surface area contributed by atoms with E-state index < -0.39 is 11.9 Å². The van der Waals surface area contributed by atoms with Crippen LogP contribution in [-0.2, 0) is 30.7 Å². The van der Waals surface area contributed by atoms with Gasteiger partial charge in [0.25, 0.3) is 11.8 Å². The van der Waals surface area contributed by atoms with Gasteiger partial charge >= 0.3 is 0 Å². The number of benzene rings is 1. The summed E-state index contributed by atoms with van der Waals surface area (Å²) in [4.78, 5) is 36.9. The molecule has 2 aliphatic heterocycles. The third-order valence-corrected chi connectivity index (χ3v) is 6.88. The zero-order chi connectivity index (χ0) is 21.7. The molecule has 1 aromatic carbocycles. The number of aromatic nitrogens is 3. The average molecular weight is 440 g/mol. The molecule has 2 aliphatic rings. The molecule has 0 bridgehead atoms. The van der Waals surface area contributed by atoms with Gasteiger partial charge in [-0.3, -0.25) is 14.9 Å². The van der Waals surface area contributed by atoms with Gasteiger partial charge in [-0.1, -0.05) is 6.92 Å². The Labute approximate surface area is 182 Å². The van der Waals surface area contributed by atoms with Crippen molar-refractivity contribution < 1.29 is 14.0 Å². The molecule has 3 aromatic rings. The van der Waals surface area contributed by atoms with Crippen molar-refractivity contribution in [2.45, 2.75) is 52.2 Å². The summed E-state index contributed by atoms with van der Waals surface area (Å²) in [5, 5.41) is 5.02. The summed E-state index contributed by atoms with van der Waals surface area (Å²) in [5.41, 5.74) is 3.56. The maximum absolute atomic E-state index is 15.1. The first-order chi connectivity index (χ1) is 15.0. The number of carbonyl (C=O) groups is 2. The van der Waals surface area contributed by atoms with Crippen molar-refractivity contribution in [1.82, 2.24) is 19.4 Å². The van der Waals surface area contributed by atoms with Crippen molar-refractivity contribution in [3.05, 3.63) is 63.4 Å². The number of imidazole rings is 1. The van der Waals surface area contributed by atoms with Crippen molar-refractivity contribution in [2.75, 3.05) is 5.32 Å². The van der Waals surface area contributed by atoms with Gasteiger partial charge in [0, 0.05) is 34.9 Å². The Morgan fingerprint density at radius 3 is 2.97 bits per heavy atom. The van der Waals surface area contributed by atoms with E-state index in [1.165, 1.54) is 16.2 Å². The smallest absolute Gasteiger partial charge is 0.255 e. The van der Waals surface area contributed by atoms with Crippen molar-refractivity contribution in [1.29, 1.82) is 0 Å². The second-order valence-electron chi connectivity index (χ2n) is 7.89. The van der Waals surface area contributed by atoms with Crippen molar-refractivity contribution in [3.63, 3.8) is 0 Å². The number of nitrogens with zero attached hydrogens (tertiary/aromatic N) is 4. The second-order valence-corrected chi connectivity index (χ2v) is 8.78. The van der Waals surface area contributed by atoms with Gasteiger partial charge in [-0.2, -0.15) is 0 Å². The van der Waals surface area contributed by atoms with E-state index in [4.69, 9.17) is 0 Å². The molecule has 2 amide bonds. The highest BCUT2D eigenvalue weighted by Gasteiger charge is 2.42. The van der Waals surface area contributed by atoms with Crippen LogP contribution >= 0.6 is 11.3 Å². The number of nitrogens with one attached hydrogen (secondary N) is 1. The van der Waals surface area contributed by atoms with E-state index in [1.54, 1.807) is 30.9 Å². The molecule has 9 heteroatoms. The Bertz CT molecular complexity index is 1190. The van der Waals surface area contributed by atoms with Crippen LogP contribution in [0.25, 0.3) is 0 Å². The molecule has 160 valence electrons. The minimum Gasteiger partial charge on any atom is -0.334 e. The van der Waals surface area contributed by atoms with Gasteiger partial charge in [-0.15, -0.1) is 11.3 Å². The van der Waals surface area contributed by atoms with Crippen LogP contribution in [0.3, 0.4) is 0 Å². The normalized spacial score (nSPS) is 15.8. The molecule has 2 aromatic heterocycles. The highest BCUT2D eigenvalue weighted by atomic mass is 32.1. The Morgan fingerprint density at radius 1 is 1.39 bits per heavy atom. The lowest BCUT2D eigenvalue weighted by Crippen LogP contribution is -2.38. The average Bonchev–Trinajstić information content (AvgIpc) is 3.53. The van der Waals surface area contributed by atoms with Crippen molar-refractivity contribution in [2.24, 2.45) is 0 Å². The summed E-state index contributed by atoms with van der Waals surface area (Å²) in [7, 11) is 0. The van der Waals surface area contributed by atoms with Gasteiger partial charge < -0.3 is 9.47 Å². The van der Waals surface area contributed by atoms with Crippen LogP contribution in [0.2, 0.25) is 0 Å². The van der Waals surface area contributed by atoms with Gasteiger partial charge in [-0.25, -0.2) is 14.4 Å². The summed E-state index contributed by atoms with van der Waals surface area (Å²) < 4.78 is 17.1. The molecule has 1 unspecified atom stereocenters. The number of carbonyl (C=O) groups excluding carboxylic acids is 2. The molecule has 1 N–H and O–H groups in total. The monoisotopic (exact) mass is 439 g/mol. The maximum atomic E-state index is 15.1. The van der Waals surface area contributed by atoms with Gasteiger partial charge in [-0.05, 0) is 43.4 Å². The van der Waals surface area contributed by atoms with Gasteiger partial charge in [0.15, 0.2) is 11.2 Å². The highest BCUT2D eigenvalue weighted by Crippen LogP contribution is 2.37. The first-order valence-electron chi connectivity index (χ1n) is 10.4. The third kappa shape index (κ3) is 3.15. The maximum Gasteiger partial charge on any atom is 0.255 e. The summed E-state index contributed by atoms with van der Waals surface area (Å²) in [6.45, 7) is 4.54. The van der Waals surface area contributed by atoms with Crippen LogP contribution in [0.5, 0.6) is 0 Å². The molecule has 31 heavy (non-hydrogen) atoms. The molecule has 1 atom stereocenters. The van der Waals surface area contributed by atoms with E-state index in [2.05, 4.69) is 15.3 Å². The van der Waals surface area contributed by atoms with Gasteiger partial charge in [0.2, 0.25) is 0 Å². The number of thiazole rings is 1. The summed E-state index contributed by atoms with van der Waals surface area (Å²) >= 11 is 1.30. The predicted octanol–water partition coefficient (Wildman–Crippen LogP) is 3.63. The lowest BCUT2D eigenvalue weighted by Gasteiger charge is -2.26. The quantitative estimate of drug-likeness (QED) is 0.658. The first-order valence-corrected chi connectivity index (χ1v) is 11.2. The Kier molecular flexibility index (Phi) is 4.85. The number of hydrogen-bond acceptors (Lipinski definition) is 5. The van der Waals surface area contributed by atoms with Crippen molar-refractivity contribution >= 4 is 28.3 Å². The molecule has 0 fully saturated rings. The molecule has 0 spiro atoms. The lowest BCUT2D eigenvalue weighted by atomic mass is 9.98. The Balaban J connectivity index is 1.57. The highest BCUT2D eigenvalue weighted by molar-refractivity contribution is 7.13. The molecule has 0 saturated carbocycles. The van der Waals surface area contributed by atoms with Crippen LogP contribution in [0.4, 0.5) is 9.52 Å². The minimum atomic E-state index is -0.956. The van der Waals surface area contributed by atoms with Crippen LogP contribution in [0.1, 0.15) is 57.8 Å². The van der Waals surface area contributed by atoms with Crippen LogP contribution in [0.15, 0.2) is 24.0 Å². The second kappa shape index (κ2) is 7.56. The van der Waals surface area contributed by atoms with E-state index in [0.29, 0.717) is 33.9 Å². The molecular weight excluding hydrogens is 417 g/mol. The summed E-state index contributed by atoms with van der Waals surface area (Å²) in [6, 6.07) is 0.812. The van der Waals surface area contributed by atoms with Crippen molar-refractivity contribution in [3.8, 4) is 0 Å². The molecule has 0 saturated heterocycles. The molecule has 0 aliphatic carbocycles. The third-order valence-electron chi connectivity index (χ3n) is 6.19. The van der Waals surface area contributed by atoms with E-state index in [9.17, 15) is 9.59 Å². The zero-order valence-electron chi connectivity index (χ0n) is 17.3. The Morgan fingerprint density at radius 2 is 2.23 bits per heavy atom. The van der Waals surface area contributed by atoms with E-state index in [1.807, 2.05) is 11.5 Å².